The highest BCUT2D eigenvalue weighted by Gasteiger charge is 2.38. The number of aryl methyl sites for hydroxylation is 1. The van der Waals surface area contributed by atoms with Crippen molar-refractivity contribution in [2.45, 2.75) is 77.3 Å². The lowest BCUT2D eigenvalue weighted by Crippen LogP contribution is -2.39. The summed E-state index contributed by atoms with van der Waals surface area (Å²) in [5.41, 5.74) is 2.26. The molecule has 0 fully saturated rings. The summed E-state index contributed by atoms with van der Waals surface area (Å²) < 4.78 is 36.0. The average Bonchev–Trinajstić information content (AvgIpc) is 2.97. The van der Waals surface area contributed by atoms with E-state index in [0.29, 0.717) is 41.0 Å². The van der Waals surface area contributed by atoms with Crippen molar-refractivity contribution in [1.29, 1.82) is 0 Å². The van der Waals surface area contributed by atoms with Crippen LogP contribution in [-0.2, 0) is 17.8 Å². The van der Waals surface area contributed by atoms with Crippen molar-refractivity contribution in [3.8, 4) is 11.1 Å². The lowest BCUT2D eigenvalue weighted by molar-refractivity contribution is 0.410. The highest BCUT2D eigenvalue weighted by molar-refractivity contribution is 7.91. The highest BCUT2D eigenvalue weighted by atomic mass is 32.2. The van der Waals surface area contributed by atoms with Gasteiger partial charge in [-0.3, -0.25) is 0 Å². The summed E-state index contributed by atoms with van der Waals surface area (Å²) in [4.78, 5) is 14.4. The molecule has 1 atom stereocenters. The topological polar surface area (TPSA) is 94.6 Å². The summed E-state index contributed by atoms with van der Waals surface area (Å²) in [7, 11) is -2.43. The molecule has 2 rings (SSSR count). The van der Waals surface area contributed by atoms with E-state index in [1.807, 2.05) is 47.7 Å². The van der Waals surface area contributed by atoms with Crippen molar-refractivity contribution >= 4 is 25.9 Å². The van der Waals surface area contributed by atoms with E-state index in [0.717, 1.165) is 0 Å². The van der Waals surface area contributed by atoms with Gasteiger partial charge in [-0.25, -0.2) is 4.98 Å². The highest BCUT2D eigenvalue weighted by Crippen LogP contribution is 2.41. The van der Waals surface area contributed by atoms with Crippen molar-refractivity contribution in [3.63, 3.8) is 0 Å². The van der Waals surface area contributed by atoms with Gasteiger partial charge in [-0.05, 0) is 70.3 Å². The predicted octanol–water partition coefficient (Wildman–Crippen LogP) is 4.98. The van der Waals surface area contributed by atoms with Crippen LogP contribution in [0.25, 0.3) is 11.1 Å². The summed E-state index contributed by atoms with van der Waals surface area (Å²) in [5.74, 6) is -0.226. The molecular formula is C21H32FN3O3SSi. The first kappa shape index (κ1) is 24.7. The third kappa shape index (κ3) is 5.57. The van der Waals surface area contributed by atoms with E-state index < -0.39 is 30.4 Å². The molecule has 9 heteroatoms. The Balaban J connectivity index is 2.46. The molecule has 0 aliphatic heterocycles. The van der Waals surface area contributed by atoms with E-state index in [-0.39, 0.29) is 5.04 Å². The molecule has 0 saturated carbocycles. The second-order valence-corrected chi connectivity index (χ2v) is 16.1. The van der Waals surface area contributed by atoms with E-state index in [1.54, 1.807) is 13.0 Å². The van der Waals surface area contributed by atoms with Gasteiger partial charge in [0, 0.05) is 11.8 Å². The first-order valence-electron chi connectivity index (χ1n) is 9.93. The fraction of sp³-hybridized carbons (Fsp3) is 0.571. The predicted molar refractivity (Wildman–Crippen MR) is 122 cm³/mol. The normalized spacial score (nSPS) is 14.5. The zero-order chi connectivity index (χ0) is 22.9. The summed E-state index contributed by atoms with van der Waals surface area (Å²) in [6.07, 6.45) is 3.82. The minimum atomic E-state index is -2.43. The standard InChI is InChI=1S/C21H32FN3O3SSi/c1-14-18(17(28-25-14)13-24-29(26)20(2,3)4)15-10-12-23-19(22)16(15)9-11-21(5,6)30(7,8)27/h10,12-13,27H,9,11H2,1-8H3/b24-13+/t29-/m0/s1. The summed E-state index contributed by atoms with van der Waals surface area (Å²) in [5, 5.41) is 3.71. The molecule has 2 aromatic rings. The smallest absolute Gasteiger partial charge is 0.216 e. The molecule has 6 nitrogen and oxygen atoms in total. The zero-order valence-corrected chi connectivity index (χ0v) is 20.9. The number of halogens is 1. The molecule has 30 heavy (non-hydrogen) atoms. The van der Waals surface area contributed by atoms with Gasteiger partial charge >= 0.3 is 0 Å². The number of pyridine rings is 1. The Morgan fingerprint density at radius 2 is 1.93 bits per heavy atom. The Labute approximate surface area is 182 Å². The quantitative estimate of drug-likeness (QED) is 0.276. The lowest BCUT2D eigenvalue weighted by Gasteiger charge is -2.35. The maximum atomic E-state index is 14.8. The van der Waals surface area contributed by atoms with Gasteiger partial charge in [-0.1, -0.05) is 23.4 Å². The van der Waals surface area contributed by atoms with Gasteiger partial charge in [-0.15, -0.1) is 0 Å². The van der Waals surface area contributed by atoms with Gasteiger partial charge in [0.25, 0.3) is 0 Å². The van der Waals surface area contributed by atoms with Crippen LogP contribution in [0.3, 0.4) is 0 Å². The Bertz CT molecular complexity index is 917. The van der Waals surface area contributed by atoms with Gasteiger partial charge in [0.15, 0.2) is 14.1 Å². The van der Waals surface area contributed by atoms with Crippen molar-refractivity contribution < 1.29 is 18.3 Å². The van der Waals surface area contributed by atoms with Crippen LogP contribution in [0.4, 0.5) is 4.39 Å². The number of nitrogens with zero attached hydrogens (tertiary/aromatic N) is 3. The van der Waals surface area contributed by atoms with Gasteiger partial charge in [-0.2, -0.15) is 4.39 Å². The van der Waals surface area contributed by atoms with Crippen LogP contribution >= 0.6 is 0 Å². The monoisotopic (exact) mass is 453 g/mol. The second kappa shape index (κ2) is 8.90. The van der Waals surface area contributed by atoms with Crippen LogP contribution in [0, 0.1) is 12.9 Å². The first-order chi connectivity index (χ1) is 13.6. The van der Waals surface area contributed by atoms with E-state index in [2.05, 4.69) is 14.5 Å². The van der Waals surface area contributed by atoms with E-state index >= 15 is 0 Å². The number of rotatable bonds is 7. The molecule has 0 unspecified atom stereocenters. The number of aromatic nitrogens is 2. The molecule has 2 aromatic heterocycles. The third-order valence-electron chi connectivity index (χ3n) is 5.61. The van der Waals surface area contributed by atoms with Crippen LogP contribution in [0.5, 0.6) is 0 Å². The molecule has 0 aliphatic carbocycles. The maximum absolute atomic E-state index is 14.8. The minimum absolute atomic E-state index is 0.301. The van der Waals surface area contributed by atoms with Gasteiger partial charge in [0.05, 0.1) is 11.3 Å². The van der Waals surface area contributed by atoms with E-state index in [4.69, 9.17) is 4.52 Å². The maximum Gasteiger partial charge on any atom is 0.216 e. The van der Waals surface area contributed by atoms with Crippen LogP contribution < -0.4 is 0 Å². The molecule has 2 heterocycles. The zero-order valence-electron chi connectivity index (χ0n) is 19.0. The third-order valence-corrected chi connectivity index (χ3v) is 10.5. The molecule has 0 spiro atoms. The Kier molecular flexibility index (Phi) is 7.33. The molecule has 1 N–H and O–H groups in total. The summed E-state index contributed by atoms with van der Waals surface area (Å²) >= 11 is -1.46. The van der Waals surface area contributed by atoms with Crippen LogP contribution in [0.2, 0.25) is 18.1 Å². The van der Waals surface area contributed by atoms with Crippen LogP contribution in [-0.4, -0.2) is 38.8 Å². The van der Waals surface area contributed by atoms with Crippen molar-refractivity contribution in [3.05, 3.63) is 35.2 Å². The molecule has 0 saturated heterocycles. The second-order valence-electron chi connectivity index (χ2n) is 9.67. The summed E-state index contributed by atoms with van der Waals surface area (Å²) in [6, 6.07) is 1.73. The fourth-order valence-corrected chi connectivity index (χ4v) is 3.98. The van der Waals surface area contributed by atoms with Crippen LogP contribution in [0.1, 0.15) is 58.1 Å². The fourth-order valence-electron chi connectivity index (χ4n) is 2.74. The van der Waals surface area contributed by atoms with Gasteiger partial charge in [0.1, 0.15) is 22.3 Å². The van der Waals surface area contributed by atoms with Gasteiger partial charge in [0.2, 0.25) is 5.95 Å². The number of hydrogen-bond donors (Lipinski definition) is 1. The average molecular weight is 454 g/mol. The Hall–Kier alpha value is -1.55. The molecule has 0 aliphatic rings. The SMILES string of the molecule is Cc1noc(/C=N/[S@@+]([O-])C(C)(C)C)c1-c1ccnc(F)c1CCC(C)(C)[Si](C)(C)O. The molecule has 0 radical (unpaired) electrons. The molecule has 166 valence electrons. The largest absolute Gasteiger partial charge is 0.591 e. The van der Waals surface area contributed by atoms with Crippen molar-refractivity contribution in [1.82, 2.24) is 10.1 Å². The van der Waals surface area contributed by atoms with E-state index in [9.17, 15) is 13.7 Å². The van der Waals surface area contributed by atoms with E-state index in [1.165, 1.54) is 12.4 Å². The minimum Gasteiger partial charge on any atom is -0.591 e. The molecule has 0 bridgehead atoms. The number of hydrogen-bond acceptors (Lipinski definition) is 6. The lowest BCUT2D eigenvalue weighted by atomic mass is 9.94. The molecule has 0 aromatic carbocycles. The van der Waals surface area contributed by atoms with Crippen molar-refractivity contribution in [2.75, 3.05) is 0 Å². The van der Waals surface area contributed by atoms with Crippen molar-refractivity contribution in [2.24, 2.45) is 4.40 Å². The molecule has 0 amide bonds. The Morgan fingerprint density at radius 3 is 2.50 bits per heavy atom. The van der Waals surface area contributed by atoms with Gasteiger partial charge < -0.3 is 13.9 Å². The molecular weight excluding hydrogens is 421 g/mol. The summed E-state index contributed by atoms with van der Waals surface area (Å²) in [6.45, 7) is 15.1. The Morgan fingerprint density at radius 1 is 1.30 bits per heavy atom. The first-order valence-corrected chi connectivity index (χ1v) is 14.0. The van der Waals surface area contributed by atoms with Crippen LogP contribution in [0.15, 0.2) is 21.2 Å².